The van der Waals surface area contributed by atoms with E-state index in [1.165, 1.54) is 6.07 Å². The molecule has 0 aliphatic heterocycles. The minimum absolute atomic E-state index is 0.326. The molecule has 5 heteroatoms. The molecule has 1 N–H and O–H groups in total. The van der Waals surface area contributed by atoms with Gasteiger partial charge in [0.25, 0.3) is 0 Å². The summed E-state index contributed by atoms with van der Waals surface area (Å²) in [5.74, 6) is -0.358. The number of aliphatic hydroxyl groups is 1. The highest BCUT2D eigenvalue weighted by molar-refractivity contribution is 9.10. The van der Waals surface area contributed by atoms with Crippen molar-refractivity contribution in [3.05, 3.63) is 67.3 Å². The van der Waals surface area contributed by atoms with Crippen molar-refractivity contribution >= 4 is 43.5 Å². The first-order valence-corrected chi connectivity index (χ1v) is 7.03. The summed E-state index contributed by atoms with van der Waals surface area (Å²) in [4.78, 5) is 0. The molecule has 0 radical (unpaired) electrons. The Morgan fingerprint density at radius 1 is 1.00 bits per heavy atom. The lowest BCUT2D eigenvalue weighted by molar-refractivity contribution is 0.220. The standard InChI is InChI=1S/C13H8Br2ClFO/c14-9-5-7(1-3-11(9)16)13(18)8-2-4-12(17)10(15)6-8/h1-6,13,18H. The van der Waals surface area contributed by atoms with Gasteiger partial charge in [0.1, 0.15) is 11.9 Å². The number of halogens is 4. The van der Waals surface area contributed by atoms with E-state index >= 15 is 0 Å². The second kappa shape index (κ2) is 5.70. The zero-order chi connectivity index (χ0) is 13.3. The molecule has 0 saturated carbocycles. The SMILES string of the molecule is OC(c1ccc(F)c(Br)c1)c1ccc(Cl)c(Br)c1. The number of aliphatic hydroxyl groups excluding tert-OH is 1. The van der Waals surface area contributed by atoms with Gasteiger partial charge in [0.05, 0.1) is 9.50 Å². The Bertz CT molecular complexity index is 538. The molecule has 18 heavy (non-hydrogen) atoms. The highest BCUT2D eigenvalue weighted by atomic mass is 79.9. The van der Waals surface area contributed by atoms with Crippen LogP contribution in [0.3, 0.4) is 0 Å². The molecule has 2 rings (SSSR count). The Labute approximate surface area is 126 Å². The Morgan fingerprint density at radius 3 is 2.11 bits per heavy atom. The molecular weight excluding hydrogens is 386 g/mol. The fourth-order valence-corrected chi connectivity index (χ4v) is 2.47. The molecule has 2 aromatic carbocycles. The van der Waals surface area contributed by atoms with E-state index in [0.717, 1.165) is 0 Å². The molecule has 0 spiro atoms. The van der Waals surface area contributed by atoms with E-state index in [4.69, 9.17) is 11.6 Å². The van der Waals surface area contributed by atoms with E-state index in [1.807, 2.05) is 0 Å². The second-order valence-electron chi connectivity index (χ2n) is 3.75. The average molecular weight is 394 g/mol. The van der Waals surface area contributed by atoms with Crippen molar-refractivity contribution in [1.82, 2.24) is 0 Å². The van der Waals surface area contributed by atoms with Gasteiger partial charge < -0.3 is 5.11 Å². The van der Waals surface area contributed by atoms with Crippen molar-refractivity contribution in [2.45, 2.75) is 6.10 Å². The molecule has 0 bridgehead atoms. The van der Waals surface area contributed by atoms with Gasteiger partial charge in [-0.25, -0.2) is 4.39 Å². The van der Waals surface area contributed by atoms with E-state index in [0.29, 0.717) is 25.1 Å². The highest BCUT2D eigenvalue weighted by Gasteiger charge is 2.13. The Balaban J connectivity index is 2.37. The molecule has 1 nitrogen and oxygen atoms in total. The van der Waals surface area contributed by atoms with Crippen LogP contribution in [-0.4, -0.2) is 5.11 Å². The predicted octanol–water partition coefficient (Wildman–Crippen LogP) is 5.09. The van der Waals surface area contributed by atoms with Crippen molar-refractivity contribution < 1.29 is 9.50 Å². The van der Waals surface area contributed by atoms with Crippen LogP contribution in [0.4, 0.5) is 4.39 Å². The van der Waals surface area contributed by atoms with Gasteiger partial charge in [-0.15, -0.1) is 0 Å². The summed E-state index contributed by atoms with van der Waals surface area (Å²) in [5.41, 5.74) is 1.29. The van der Waals surface area contributed by atoms with E-state index in [2.05, 4.69) is 31.9 Å². The third-order valence-electron chi connectivity index (χ3n) is 2.52. The van der Waals surface area contributed by atoms with Crippen LogP contribution < -0.4 is 0 Å². The van der Waals surface area contributed by atoms with Gasteiger partial charge in [0.2, 0.25) is 0 Å². The van der Waals surface area contributed by atoms with Crippen LogP contribution >= 0.6 is 43.5 Å². The van der Waals surface area contributed by atoms with E-state index < -0.39 is 6.10 Å². The fraction of sp³-hybridized carbons (Fsp3) is 0.0769. The molecule has 0 aliphatic rings. The number of rotatable bonds is 2. The smallest absolute Gasteiger partial charge is 0.137 e. The maximum absolute atomic E-state index is 13.1. The molecule has 0 heterocycles. The zero-order valence-electron chi connectivity index (χ0n) is 9.00. The van der Waals surface area contributed by atoms with Crippen LogP contribution in [0.1, 0.15) is 17.2 Å². The molecule has 94 valence electrons. The van der Waals surface area contributed by atoms with Gasteiger partial charge in [-0.2, -0.15) is 0 Å². The third-order valence-corrected chi connectivity index (χ3v) is 4.34. The summed E-state index contributed by atoms with van der Waals surface area (Å²) in [7, 11) is 0. The summed E-state index contributed by atoms with van der Waals surface area (Å²) < 4.78 is 14.2. The van der Waals surface area contributed by atoms with E-state index in [1.54, 1.807) is 30.3 Å². The summed E-state index contributed by atoms with van der Waals surface area (Å²) in [6.07, 6.45) is -0.824. The van der Waals surface area contributed by atoms with Gasteiger partial charge in [0.15, 0.2) is 0 Å². The molecule has 1 atom stereocenters. The molecule has 0 fully saturated rings. The van der Waals surface area contributed by atoms with Gasteiger partial charge in [-0.05, 0) is 67.3 Å². The van der Waals surface area contributed by atoms with Crippen LogP contribution in [0.25, 0.3) is 0 Å². The minimum Gasteiger partial charge on any atom is -0.384 e. The van der Waals surface area contributed by atoms with Gasteiger partial charge in [0, 0.05) is 4.47 Å². The lowest BCUT2D eigenvalue weighted by atomic mass is 10.0. The Morgan fingerprint density at radius 2 is 1.56 bits per heavy atom. The molecule has 0 saturated heterocycles. The van der Waals surface area contributed by atoms with Crippen molar-refractivity contribution in [2.75, 3.05) is 0 Å². The van der Waals surface area contributed by atoms with Gasteiger partial charge in [-0.1, -0.05) is 23.7 Å². The van der Waals surface area contributed by atoms with Gasteiger partial charge in [-0.3, -0.25) is 0 Å². The summed E-state index contributed by atoms with van der Waals surface area (Å²) in [6, 6.07) is 9.59. The van der Waals surface area contributed by atoms with Crippen molar-refractivity contribution in [3.63, 3.8) is 0 Å². The first-order valence-electron chi connectivity index (χ1n) is 5.07. The third kappa shape index (κ3) is 2.94. The Hall–Kier alpha value is -0.420. The monoisotopic (exact) mass is 392 g/mol. The second-order valence-corrected chi connectivity index (χ2v) is 5.87. The van der Waals surface area contributed by atoms with Crippen molar-refractivity contribution in [2.24, 2.45) is 0 Å². The average Bonchev–Trinajstić information content (AvgIpc) is 2.35. The molecule has 0 aromatic heterocycles. The molecule has 0 aliphatic carbocycles. The Kier molecular flexibility index (Phi) is 4.43. The van der Waals surface area contributed by atoms with Crippen LogP contribution in [-0.2, 0) is 0 Å². The number of hydrogen-bond donors (Lipinski definition) is 1. The lowest BCUT2D eigenvalue weighted by Crippen LogP contribution is -2.00. The molecule has 1 unspecified atom stereocenters. The van der Waals surface area contributed by atoms with Crippen LogP contribution in [0.15, 0.2) is 45.3 Å². The summed E-state index contributed by atoms with van der Waals surface area (Å²) in [5, 5.41) is 10.8. The lowest BCUT2D eigenvalue weighted by Gasteiger charge is -2.13. The largest absolute Gasteiger partial charge is 0.384 e. The quantitative estimate of drug-likeness (QED) is 0.753. The van der Waals surface area contributed by atoms with Crippen LogP contribution in [0.2, 0.25) is 5.02 Å². The number of hydrogen-bond acceptors (Lipinski definition) is 1. The zero-order valence-corrected chi connectivity index (χ0v) is 12.9. The molecular formula is C13H8Br2ClFO. The minimum atomic E-state index is -0.824. The highest BCUT2D eigenvalue weighted by Crippen LogP contribution is 2.30. The summed E-state index contributed by atoms with van der Waals surface area (Å²) >= 11 is 12.3. The fourth-order valence-electron chi connectivity index (χ4n) is 1.56. The van der Waals surface area contributed by atoms with Crippen molar-refractivity contribution in [1.29, 1.82) is 0 Å². The van der Waals surface area contributed by atoms with Crippen molar-refractivity contribution in [3.8, 4) is 0 Å². The predicted molar refractivity (Wildman–Crippen MR) is 77.3 cm³/mol. The molecule has 0 amide bonds. The first kappa shape index (κ1) is 14.0. The van der Waals surface area contributed by atoms with Crippen LogP contribution in [0.5, 0.6) is 0 Å². The normalized spacial score (nSPS) is 12.5. The number of benzene rings is 2. The maximum atomic E-state index is 13.1. The molecule has 2 aromatic rings. The van der Waals surface area contributed by atoms with E-state index in [9.17, 15) is 9.50 Å². The first-order chi connectivity index (χ1) is 8.49. The maximum Gasteiger partial charge on any atom is 0.137 e. The van der Waals surface area contributed by atoms with Gasteiger partial charge >= 0.3 is 0 Å². The topological polar surface area (TPSA) is 20.2 Å². The van der Waals surface area contributed by atoms with Crippen LogP contribution in [0, 0.1) is 5.82 Å². The van der Waals surface area contributed by atoms with E-state index in [-0.39, 0.29) is 5.82 Å². The summed E-state index contributed by atoms with van der Waals surface area (Å²) in [6.45, 7) is 0.